The van der Waals surface area contributed by atoms with Crippen molar-refractivity contribution in [2.75, 3.05) is 20.2 Å². The van der Waals surface area contributed by atoms with Gasteiger partial charge in [0.05, 0.1) is 0 Å². The summed E-state index contributed by atoms with van der Waals surface area (Å²) in [6.45, 7) is 3.76. The SMILES string of the molecule is CCCNC(=O)N1CCCCCC1c1nc(COC)no1. The van der Waals surface area contributed by atoms with Crippen molar-refractivity contribution in [1.29, 1.82) is 0 Å². The number of carbonyl (C=O) groups is 1. The minimum atomic E-state index is -0.137. The Balaban J connectivity index is 2.12. The van der Waals surface area contributed by atoms with Gasteiger partial charge in [0.1, 0.15) is 12.6 Å². The number of nitrogens with one attached hydrogen (secondary N) is 1. The molecule has 0 spiro atoms. The number of carbonyl (C=O) groups excluding carboxylic acids is 1. The van der Waals surface area contributed by atoms with E-state index in [1.807, 2.05) is 11.8 Å². The van der Waals surface area contributed by atoms with Gasteiger partial charge in [-0.1, -0.05) is 24.9 Å². The topological polar surface area (TPSA) is 80.5 Å². The Hall–Kier alpha value is -1.63. The maximum absolute atomic E-state index is 12.3. The van der Waals surface area contributed by atoms with Gasteiger partial charge in [0.25, 0.3) is 0 Å². The van der Waals surface area contributed by atoms with Crippen LogP contribution < -0.4 is 5.32 Å². The number of hydrogen-bond donors (Lipinski definition) is 1. The highest BCUT2D eigenvalue weighted by Gasteiger charge is 2.30. The molecule has 2 rings (SSSR count). The Morgan fingerprint density at radius 2 is 2.33 bits per heavy atom. The maximum atomic E-state index is 12.3. The van der Waals surface area contributed by atoms with Gasteiger partial charge in [-0.3, -0.25) is 0 Å². The summed E-state index contributed by atoms with van der Waals surface area (Å²) in [7, 11) is 1.59. The van der Waals surface area contributed by atoms with Gasteiger partial charge in [-0.2, -0.15) is 4.98 Å². The molecular weight excluding hydrogens is 272 g/mol. The van der Waals surface area contributed by atoms with Crippen molar-refractivity contribution in [2.45, 2.75) is 51.7 Å². The van der Waals surface area contributed by atoms with Gasteiger partial charge in [-0.05, 0) is 19.3 Å². The lowest BCUT2D eigenvalue weighted by atomic mass is 10.1. The fourth-order valence-corrected chi connectivity index (χ4v) is 2.53. The lowest BCUT2D eigenvalue weighted by Crippen LogP contribution is -2.42. The standard InChI is InChI=1S/C14H24N4O3/c1-3-8-15-14(19)18-9-6-4-5-7-11(18)13-16-12(10-20-2)17-21-13/h11H,3-10H2,1-2H3,(H,15,19). The van der Waals surface area contributed by atoms with E-state index < -0.39 is 0 Å². The van der Waals surface area contributed by atoms with E-state index in [0.717, 1.165) is 38.6 Å². The minimum absolute atomic E-state index is 0.0461. The predicted molar refractivity (Wildman–Crippen MR) is 76.6 cm³/mol. The van der Waals surface area contributed by atoms with E-state index in [1.165, 1.54) is 0 Å². The lowest BCUT2D eigenvalue weighted by molar-refractivity contribution is 0.158. The second kappa shape index (κ2) is 7.97. The number of nitrogens with zero attached hydrogens (tertiary/aromatic N) is 3. The van der Waals surface area contributed by atoms with Crippen LogP contribution in [0.15, 0.2) is 4.52 Å². The van der Waals surface area contributed by atoms with Gasteiger partial charge in [-0.15, -0.1) is 0 Å². The molecule has 1 aliphatic rings. The second-order valence-corrected chi connectivity index (χ2v) is 5.27. The molecule has 1 saturated heterocycles. The number of amides is 2. The molecule has 1 N–H and O–H groups in total. The average Bonchev–Trinajstić information content (AvgIpc) is 2.81. The van der Waals surface area contributed by atoms with E-state index in [4.69, 9.17) is 9.26 Å². The highest BCUT2D eigenvalue weighted by Crippen LogP contribution is 2.29. The van der Waals surface area contributed by atoms with Gasteiger partial charge in [0.15, 0.2) is 5.82 Å². The molecule has 0 aliphatic carbocycles. The molecule has 1 fully saturated rings. The van der Waals surface area contributed by atoms with Crippen molar-refractivity contribution in [3.8, 4) is 0 Å². The molecule has 1 atom stereocenters. The fourth-order valence-electron chi connectivity index (χ4n) is 2.53. The number of aromatic nitrogens is 2. The largest absolute Gasteiger partial charge is 0.377 e. The summed E-state index contributed by atoms with van der Waals surface area (Å²) in [4.78, 5) is 18.5. The summed E-state index contributed by atoms with van der Waals surface area (Å²) < 4.78 is 10.3. The molecule has 2 amide bonds. The summed E-state index contributed by atoms with van der Waals surface area (Å²) in [6.07, 6.45) is 4.96. The highest BCUT2D eigenvalue weighted by atomic mass is 16.5. The quantitative estimate of drug-likeness (QED) is 0.901. The molecule has 118 valence electrons. The molecule has 1 aromatic heterocycles. The van der Waals surface area contributed by atoms with E-state index in [1.54, 1.807) is 7.11 Å². The highest BCUT2D eigenvalue weighted by molar-refractivity contribution is 5.74. The normalized spacial score (nSPS) is 19.3. The molecule has 0 aromatic carbocycles. The Bertz CT molecular complexity index is 449. The molecule has 0 bridgehead atoms. The van der Waals surface area contributed by atoms with Gasteiger partial charge in [0, 0.05) is 20.2 Å². The Morgan fingerprint density at radius 3 is 3.10 bits per heavy atom. The molecule has 0 radical (unpaired) electrons. The third-order valence-corrected chi connectivity index (χ3v) is 3.58. The molecule has 0 saturated carbocycles. The van der Waals surface area contributed by atoms with Crippen molar-refractivity contribution >= 4 is 6.03 Å². The first kappa shape index (κ1) is 15.8. The van der Waals surface area contributed by atoms with Crippen molar-refractivity contribution in [3.05, 3.63) is 11.7 Å². The van der Waals surface area contributed by atoms with Crippen LogP contribution in [0.5, 0.6) is 0 Å². The molecule has 2 heterocycles. The number of rotatable bonds is 5. The molecule has 21 heavy (non-hydrogen) atoms. The van der Waals surface area contributed by atoms with E-state index >= 15 is 0 Å². The Morgan fingerprint density at radius 1 is 1.48 bits per heavy atom. The van der Waals surface area contributed by atoms with Gasteiger partial charge < -0.3 is 19.5 Å². The predicted octanol–water partition coefficient (Wildman–Crippen LogP) is 2.25. The molecule has 1 unspecified atom stereocenters. The van der Waals surface area contributed by atoms with Crippen molar-refractivity contribution in [2.24, 2.45) is 0 Å². The molecule has 1 aliphatic heterocycles. The van der Waals surface area contributed by atoms with Crippen LogP contribution >= 0.6 is 0 Å². The van der Waals surface area contributed by atoms with Crippen LogP contribution in [0.2, 0.25) is 0 Å². The van der Waals surface area contributed by atoms with Crippen LogP contribution in [0.3, 0.4) is 0 Å². The Labute approximate surface area is 125 Å². The first-order valence-electron chi connectivity index (χ1n) is 7.62. The summed E-state index contributed by atoms with van der Waals surface area (Å²) in [6, 6.07) is -0.183. The van der Waals surface area contributed by atoms with Crippen LogP contribution in [0.1, 0.15) is 56.8 Å². The average molecular weight is 296 g/mol. The number of urea groups is 1. The molecule has 7 nitrogen and oxygen atoms in total. The van der Waals surface area contributed by atoms with E-state index in [0.29, 0.717) is 24.9 Å². The van der Waals surface area contributed by atoms with Crippen molar-refractivity contribution in [3.63, 3.8) is 0 Å². The molecule has 1 aromatic rings. The second-order valence-electron chi connectivity index (χ2n) is 5.27. The smallest absolute Gasteiger partial charge is 0.318 e. The maximum Gasteiger partial charge on any atom is 0.318 e. The third kappa shape index (κ3) is 4.17. The number of likely N-dealkylation sites (tertiary alicyclic amines) is 1. The number of ether oxygens (including phenoxy) is 1. The van der Waals surface area contributed by atoms with Crippen LogP contribution in [0.4, 0.5) is 4.79 Å². The summed E-state index contributed by atoms with van der Waals surface area (Å²) in [5.74, 6) is 1.03. The summed E-state index contributed by atoms with van der Waals surface area (Å²) in [5, 5.41) is 6.83. The van der Waals surface area contributed by atoms with E-state index in [-0.39, 0.29) is 12.1 Å². The summed E-state index contributed by atoms with van der Waals surface area (Å²) >= 11 is 0. The van der Waals surface area contributed by atoms with Gasteiger partial charge in [0.2, 0.25) is 5.89 Å². The van der Waals surface area contributed by atoms with E-state index in [9.17, 15) is 4.79 Å². The van der Waals surface area contributed by atoms with Crippen LogP contribution in [-0.4, -0.2) is 41.3 Å². The van der Waals surface area contributed by atoms with Crippen molar-refractivity contribution < 1.29 is 14.1 Å². The summed E-state index contributed by atoms with van der Waals surface area (Å²) in [5.41, 5.74) is 0. The van der Waals surface area contributed by atoms with Crippen molar-refractivity contribution in [1.82, 2.24) is 20.4 Å². The zero-order valence-electron chi connectivity index (χ0n) is 12.8. The van der Waals surface area contributed by atoms with Gasteiger partial charge >= 0.3 is 6.03 Å². The Kier molecular flexibility index (Phi) is 5.98. The van der Waals surface area contributed by atoms with Crippen LogP contribution in [-0.2, 0) is 11.3 Å². The zero-order valence-corrected chi connectivity index (χ0v) is 12.8. The van der Waals surface area contributed by atoms with Crippen LogP contribution in [0.25, 0.3) is 0 Å². The van der Waals surface area contributed by atoms with Crippen LogP contribution in [0, 0.1) is 0 Å². The fraction of sp³-hybridized carbons (Fsp3) is 0.786. The first-order chi connectivity index (χ1) is 10.3. The lowest BCUT2D eigenvalue weighted by Gasteiger charge is -2.27. The number of methoxy groups -OCH3 is 1. The monoisotopic (exact) mass is 296 g/mol. The number of hydrogen-bond acceptors (Lipinski definition) is 5. The zero-order chi connectivity index (χ0) is 15.1. The first-order valence-corrected chi connectivity index (χ1v) is 7.62. The molecular formula is C14H24N4O3. The molecule has 7 heteroatoms. The third-order valence-electron chi connectivity index (χ3n) is 3.58. The van der Waals surface area contributed by atoms with E-state index in [2.05, 4.69) is 15.5 Å². The minimum Gasteiger partial charge on any atom is -0.377 e. The van der Waals surface area contributed by atoms with Gasteiger partial charge in [-0.25, -0.2) is 4.79 Å².